The van der Waals surface area contributed by atoms with Crippen LogP contribution in [0.25, 0.3) is 6.08 Å². The second kappa shape index (κ2) is 9.86. The van der Waals surface area contributed by atoms with Gasteiger partial charge in [-0.2, -0.15) is 0 Å². The molecule has 0 aliphatic heterocycles. The average Bonchev–Trinajstić information content (AvgIpc) is 2.70. The number of benzene rings is 2. The van der Waals surface area contributed by atoms with E-state index >= 15 is 0 Å². The van der Waals surface area contributed by atoms with Crippen molar-refractivity contribution in [1.82, 2.24) is 0 Å². The van der Waals surface area contributed by atoms with E-state index < -0.39 is 20.6 Å². The zero-order valence-electron chi connectivity index (χ0n) is 15.1. The summed E-state index contributed by atoms with van der Waals surface area (Å²) in [5.74, 6) is 2.61. The summed E-state index contributed by atoms with van der Waals surface area (Å²) in [5.41, 5.74) is 0.872. The van der Waals surface area contributed by atoms with Crippen molar-refractivity contribution >= 4 is 21.9 Å². The molecule has 2 aromatic rings. The molecule has 0 spiro atoms. The third kappa shape index (κ3) is 5.16. The minimum Gasteiger partial charge on any atom is -0.497 e. The third-order valence-electron chi connectivity index (χ3n) is 4.03. The summed E-state index contributed by atoms with van der Waals surface area (Å²) in [6.07, 6.45) is 3.14. The Morgan fingerprint density at radius 2 is 1.67 bits per heavy atom. The minimum atomic E-state index is -4.09. The van der Waals surface area contributed by atoms with Crippen molar-refractivity contribution in [2.75, 3.05) is 7.11 Å². The van der Waals surface area contributed by atoms with Gasteiger partial charge in [-0.15, -0.1) is 0 Å². The van der Waals surface area contributed by atoms with Crippen molar-refractivity contribution in [3.63, 3.8) is 0 Å². The third-order valence-corrected chi connectivity index (χ3v) is 6.45. The highest BCUT2D eigenvalue weighted by Gasteiger charge is 2.46. The molecular formula is C19H23NO6S. The number of rotatable bonds is 7. The van der Waals surface area contributed by atoms with E-state index in [1.165, 1.54) is 38.3 Å². The number of carboxylic acid groups (broad SMARTS) is 1. The predicted octanol–water partition coefficient (Wildman–Crippen LogP) is 2.75. The molecule has 2 rings (SSSR count). The molecule has 0 fully saturated rings. The summed E-state index contributed by atoms with van der Waals surface area (Å²) in [5, 5.41) is 16.1. The number of ether oxygens (including phenoxy) is 1. The minimum absolute atomic E-state index is 0.0497. The van der Waals surface area contributed by atoms with E-state index in [9.17, 15) is 18.3 Å². The van der Waals surface area contributed by atoms with E-state index in [1.54, 1.807) is 12.2 Å². The van der Waals surface area contributed by atoms with Crippen molar-refractivity contribution in [2.24, 2.45) is 5.90 Å². The van der Waals surface area contributed by atoms with Gasteiger partial charge in [-0.25, -0.2) is 14.3 Å². The maximum atomic E-state index is 12.9. The van der Waals surface area contributed by atoms with Gasteiger partial charge in [-0.05, 0) is 43.2 Å². The number of hydrogen-bond acceptors (Lipinski definition) is 6. The smallest absolute Gasteiger partial charge is 0.325 e. The molecule has 0 heterocycles. The standard InChI is InChI=1S/C19H20O5S.H3NO/c1-19(18(20)21,14-6-9-15-7-4-3-5-8-15)25(22,23)17-12-10-16(24-2)11-13-17;1-2/h3-13H,14H2,1-2H3,(H,20,21);2H,1H2. The molecule has 7 nitrogen and oxygen atoms in total. The first-order valence-corrected chi connectivity index (χ1v) is 9.39. The first-order chi connectivity index (χ1) is 12.8. The van der Waals surface area contributed by atoms with Crippen LogP contribution >= 0.6 is 0 Å². The highest BCUT2D eigenvalue weighted by atomic mass is 32.2. The summed E-state index contributed by atoms with van der Waals surface area (Å²) in [6, 6.07) is 15.0. The van der Waals surface area contributed by atoms with Crippen LogP contribution in [0.2, 0.25) is 0 Å². The molecule has 0 amide bonds. The van der Waals surface area contributed by atoms with Crippen LogP contribution in [0, 0.1) is 0 Å². The molecule has 0 aliphatic rings. The van der Waals surface area contributed by atoms with Gasteiger partial charge in [0, 0.05) is 0 Å². The maximum absolute atomic E-state index is 12.9. The summed E-state index contributed by atoms with van der Waals surface area (Å²) in [6.45, 7) is 1.23. The Labute approximate surface area is 158 Å². The lowest BCUT2D eigenvalue weighted by Gasteiger charge is -2.23. The lowest BCUT2D eigenvalue weighted by Crippen LogP contribution is -2.43. The Morgan fingerprint density at radius 1 is 1.11 bits per heavy atom. The van der Waals surface area contributed by atoms with Gasteiger partial charge in [-0.1, -0.05) is 42.5 Å². The molecule has 8 heteroatoms. The van der Waals surface area contributed by atoms with Crippen LogP contribution in [0.3, 0.4) is 0 Å². The number of methoxy groups -OCH3 is 1. The van der Waals surface area contributed by atoms with Gasteiger partial charge in [-0.3, -0.25) is 4.79 Å². The van der Waals surface area contributed by atoms with Crippen molar-refractivity contribution < 1.29 is 28.3 Å². The van der Waals surface area contributed by atoms with E-state index in [1.807, 2.05) is 30.3 Å². The van der Waals surface area contributed by atoms with Crippen molar-refractivity contribution in [3.8, 4) is 5.75 Å². The molecule has 1 unspecified atom stereocenters. The largest absolute Gasteiger partial charge is 0.497 e. The summed E-state index contributed by atoms with van der Waals surface area (Å²) in [4.78, 5) is 11.7. The molecule has 146 valence electrons. The quantitative estimate of drug-likeness (QED) is 0.617. The van der Waals surface area contributed by atoms with Crippen LogP contribution in [-0.4, -0.2) is 36.6 Å². The topological polar surface area (TPSA) is 127 Å². The van der Waals surface area contributed by atoms with Crippen LogP contribution in [-0.2, 0) is 14.6 Å². The lowest BCUT2D eigenvalue weighted by molar-refractivity contribution is -0.139. The molecular weight excluding hydrogens is 370 g/mol. The fraction of sp³-hybridized carbons (Fsp3) is 0.211. The molecule has 0 aromatic heterocycles. The number of hydrogen-bond donors (Lipinski definition) is 3. The Balaban J connectivity index is 0.00000176. The van der Waals surface area contributed by atoms with Gasteiger partial charge in [0.2, 0.25) is 0 Å². The van der Waals surface area contributed by atoms with E-state index in [2.05, 4.69) is 5.90 Å². The monoisotopic (exact) mass is 393 g/mol. The summed E-state index contributed by atoms with van der Waals surface area (Å²) >= 11 is 0. The van der Waals surface area contributed by atoms with Crippen molar-refractivity contribution in [2.45, 2.75) is 23.0 Å². The van der Waals surface area contributed by atoms with Crippen molar-refractivity contribution in [1.29, 1.82) is 0 Å². The molecule has 0 radical (unpaired) electrons. The van der Waals surface area contributed by atoms with Gasteiger partial charge >= 0.3 is 5.97 Å². The van der Waals surface area contributed by atoms with E-state index in [0.29, 0.717) is 5.75 Å². The Morgan fingerprint density at radius 3 is 2.15 bits per heavy atom. The van der Waals surface area contributed by atoms with Crippen molar-refractivity contribution in [3.05, 3.63) is 66.2 Å². The van der Waals surface area contributed by atoms with E-state index in [0.717, 1.165) is 5.56 Å². The second-order valence-electron chi connectivity index (χ2n) is 5.73. The number of allylic oxidation sites excluding steroid dienone is 1. The molecule has 0 saturated carbocycles. The Kier molecular flexibility index (Phi) is 8.17. The first-order valence-electron chi connectivity index (χ1n) is 7.91. The number of carboxylic acids is 1. The van der Waals surface area contributed by atoms with Crippen LogP contribution in [0.15, 0.2) is 65.6 Å². The fourth-order valence-corrected chi connectivity index (χ4v) is 3.87. The highest BCUT2D eigenvalue weighted by Crippen LogP contribution is 2.31. The molecule has 4 N–H and O–H groups in total. The van der Waals surface area contributed by atoms with Gasteiger partial charge < -0.3 is 15.1 Å². The summed E-state index contributed by atoms with van der Waals surface area (Å²) in [7, 11) is -2.61. The highest BCUT2D eigenvalue weighted by molar-refractivity contribution is 7.93. The maximum Gasteiger partial charge on any atom is 0.325 e. The number of aliphatic carboxylic acids is 1. The first kappa shape index (κ1) is 22.4. The molecule has 0 bridgehead atoms. The van der Waals surface area contributed by atoms with Gasteiger partial charge in [0.25, 0.3) is 0 Å². The molecule has 1 atom stereocenters. The summed E-state index contributed by atoms with van der Waals surface area (Å²) < 4.78 is 28.8. The van der Waals surface area contributed by atoms with Crippen LogP contribution in [0.1, 0.15) is 18.9 Å². The van der Waals surface area contributed by atoms with Crippen LogP contribution in [0.5, 0.6) is 5.75 Å². The van der Waals surface area contributed by atoms with Crippen LogP contribution in [0.4, 0.5) is 0 Å². The number of nitrogens with two attached hydrogens (primary N) is 1. The average molecular weight is 393 g/mol. The SMILES string of the molecule is COc1ccc(S(=O)(=O)C(C)(CC=Cc2ccccc2)C(=O)O)cc1.NO. The predicted molar refractivity (Wildman–Crippen MR) is 102 cm³/mol. The molecule has 27 heavy (non-hydrogen) atoms. The number of sulfone groups is 1. The molecule has 0 saturated heterocycles. The zero-order valence-corrected chi connectivity index (χ0v) is 15.9. The second-order valence-corrected chi connectivity index (χ2v) is 8.11. The van der Waals surface area contributed by atoms with Gasteiger partial charge in [0.05, 0.1) is 12.0 Å². The lowest BCUT2D eigenvalue weighted by atomic mass is 10.1. The van der Waals surface area contributed by atoms with E-state index in [4.69, 9.17) is 9.94 Å². The van der Waals surface area contributed by atoms with Gasteiger partial charge in [0.1, 0.15) is 5.75 Å². The molecule has 0 aliphatic carbocycles. The van der Waals surface area contributed by atoms with E-state index in [-0.39, 0.29) is 11.3 Å². The van der Waals surface area contributed by atoms with Crippen LogP contribution < -0.4 is 10.6 Å². The Bertz CT molecular complexity index is 863. The van der Waals surface area contributed by atoms with Gasteiger partial charge in [0.15, 0.2) is 14.6 Å². The molecule has 2 aromatic carbocycles. The number of carbonyl (C=O) groups is 1. The zero-order chi connectivity index (χ0) is 20.5. The fourth-order valence-electron chi connectivity index (χ4n) is 2.31. The Hall–Kier alpha value is -2.68. The normalized spacial score (nSPS) is 13.3.